The third kappa shape index (κ3) is 4.25. The van der Waals surface area contributed by atoms with Crippen molar-refractivity contribution < 1.29 is 9.84 Å². The first kappa shape index (κ1) is 19.0. The summed E-state index contributed by atoms with van der Waals surface area (Å²) in [7, 11) is 0. The second-order valence-corrected chi connectivity index (χ2v) is 7.52. The monoisotopic (exact) mass is 306 g/mol. The van der Waals surface area contributed by atoms with Crippen molar-refractivity contribution in [3.8, 4) is 5.75 Å². The Morgan fingerprint density at radius 1 is 1.00 bits per heavy atom. The van der Waals surface area contributed by atoms with E-state index in [-0.39, 0.29) is 23.5 Å². The fraction of sp³-hybridized carbons (Fsp3) is 0.700. The number of rotatable bonds is 8. The summed E-state index contributed by atoms with van der Waals surface area (Å²) in [6, 6.07) is 6.59. The highest BCUT2D eigenvalue weighted by molar-refractivity contribution is 5.44. The van der Waals surface area contributed by atoms with Crippen LogP contribution in [-0.2, 0) is 10.8 Å². The van der Waals surface area contributed by atoms with Crippen molar-refractivity contribution in [3.63, 3.8) is 0 Å². The topological polar surface area (TPSA) is 29.5 Å². The fourth-order valence-corrected chi connectivity index (χ4v) is 2.41. The van der Waals surface area contributed by atoms with Gasteiger partial charge in [-0.2, -0.15) is 0 Å². The molecule has 0 spiro atoms. The maximum atomic E-state index is 9.44. The maximum Gasteiger partial charge on any atom is 0.123 e. The standard InChI is InChI=1S/C20H34O2/c1-8-16(14-21)22-18-12-11-15(19(4,5)9-2)13-17(18)20(6,7)10-3/h11-13,16,21H,8-10,14H2,1-7H3. The molecule has 0 amide bonds. The van der Waals surface area contributed by atoms with Gasteiger partial charge in [-0.3, -0.25) is 0 Å². The van der Waals surface area contributed by atoms with Crippen LogP contribution in [0.1, 0.15) is 78.9 Å². The van der Waals surface area contributed by atoms with E-state index >= 15 is 0 Å². The molecule has 0 saturated carbocycles. The number of benzene rings is 1. The van der Waals surface area contributed by atoms with Gasteiger partial charge in [0.15, 0.2) is 0 Å². The van der Waals surface area contributed by atoms with Gasteiger partial charge in [-0.05, 0) is 41.7 Å². The summed E-state index contributed by atoms with van der Waals surface area (Å²) in [6.45, 7) is 15.6. The maximum absolute atomic E-state index is 9.44. The third-order valence-electron chi connectivity index (χ3n) is 5.21. The molecule has 2 nitrogen and oxygen atoms in total. The molecule has 1 unspecified atom stereocenters. The molecule has 0 aliphatic carbocycles. The van der Waals surface area contributed by atoms with Crippen molar-refractivity contribution in [2.75, 3.05) is 6.61 Å². The Morgan fingerprint density at radius 3 is 2.05 bits per heavy atom. The normalized spacial score (nSPS) is 14.0. The predicted molar refractivity (Wildman–Crippen MR) is 94.9 cm³/mol. The lowest BCUT2D eigenvalue weighted by molar-refractivity contribution is 0.110. The largest absolute Gasteiger partial charge is 0.488 e. The highest BCUT2D eigenvalue weighted by Crippen LogP contribution is 2.38. The van der Waals surface area contributed by atoms with Gasteiger partial charge in [0, 0.05) is 5.56 Å². The van der Waals surface area contributed by atoms with Crippen LogP contribution in [0.5, 0.6) is 5.75 Å². The molecule has 1 N–H and O–H groups in total. The van der Waals surface area contributed by atoms with Gasteiger partial charge in [0.25, 0.3) is 0 Å². The minimum absolute atomic E-state index is 0.0584. The Morgan fingerprint density at radius 2 is 1.59 bits per heavy atom. The summed E-state index contributed by atoms with van der Waals surface area (Å²) < 4.78 is 6.08. The van der Waals surface area contributed by atoms with Gasteiger partial charge in [0.1, 0.15) is 11.9 Å². The summed E-state index contributed by atoms with van der Waals surface area (Å²) in [4.78, 5) is 0. The van der Waals surface area contributed by atoms with Crippen molar-refractivity contribution in [3.05, 3.63) is 29.3 Å². The van der Waals surface area contributed by atoms with Crippen LogP contribution in [0.3, 0.4) is 0 Å². The highest BCUT2D eigenvalue weighted by atomic mass is 16.5. The molecule has 0 radical (unpaired) electrons. The van der Waals surface area contributed by atoms with Crippen LogP contribution in [-0.4, -0.2) is 17.8 Å². The van der Waals surface area contributed by atoms with Crippen LogP contribution in [0.15, 0.2) is 18.2 Å². The average molecular weight is 306 g/mol. The first-order valence-corrected chi connectivity index (χ1v) is 8.64. The number of aliphatic hydroxyl groups is 1. The number of ether oxygens (including phenoxy) is 1. The molecule has 0 aliphatic rings. The highest BCUT2D eigenvalue weighted by Gasteiger charge is 2.27. The smallest absolute Gasteiger partial charge is 0.123 e. The molecule has 22 heavy (non-hydrogen) atoms. The van der Waals surface area contributed by atoms with Crippen molar-refractivity contribution in [2.24, 2.45) is 0 Å². The zero-order valence-electron chi connectivity index (χ0n) is 15.5. The molecule has 0 aromatic heterocycles. The number of aliphatic hydroxyl groups excluding tert-OH is 1. The Labute approximate surface area is 136 Å². The van der Waals surface area contributed by atoms with E-state index in [2.05, 4.69) is 59.7 Å². The second kappa shape index (κ2) is 7.50. The van der Waals surface area contributed by atoms with E-state index in [0.717, 1.165) is 25.0 Å². The van der Waals surface area contributed by atoms with E-state index in [1.165, 1.54) is 11.1 Å². The van der Waals surface area contributed by atoms with E-state index in [9.17, 15) is 5.11 Å². The fourth-order valence-electron chi connectivity index (χ4n) is 2.41. The Bertz CT molecular complexity index is 471. The molecule has 1 atom stereocenters. The zero-order chi connectivity index (χ0) is 17.0. The van der Waals surface area contributed by atoms with Crippen LogP contribution in [0.2, 0.25) is 0 Å². The van der Waals surface area contributed by atoms with E-state index in [0.29, 0.717) is 0 Å². The molecule has 1 rings (SSSR count). The zero-order valence-corrected chi connectivity index (χ0v) is 15.5. The van der Waals surface area contributed by atoms with Crippen LogP contribution >= 0.6 is 0 Å². The van der Waals surface area contributed by atoms with Crippen molar-refractivity contribution in [1.29, 1.82) is 0 Å². The van der Waals surface area contributed by atoms with Crippen molar-refractivity contribution in [2.45, 2.75) is 84.7 Å². The summed E-state index contributed by atoms with van der Waals surface area (Å²) in [5.74, 6) is 0.920. The SMILES string of the molecule is CCC(CO)Oc1ccc(C(C)(C)CC)cc1C(C)(C)CC. The van der Waals surface area contributed by atoms with E-state index in [1.54, 1.807) is 0 Å². The molecule has 0 aliphatic heterocycles. The molecule has 0 bridgehead atoms. The van der Waals surface area contributed by atoms with Gasteiger partial charge < -0.3 is 9.84 Å². The van der Waals surface area contributed by atoms with Gasteiger partial charge >= 0.3 is 0 Å². The van der Waals surface area contributed by atoms with E-state index < -0.39 is 0 Å². The minimum atomic E-state index is -0.128. The molecule has 0 saturated heterocycles. The van der Waals surface area contributed by atoms with Gasteiger partial charge in [-0.1, -0.05) is 60.6 Å². The van der Waals surface area contributed by atoms with Gasteiger partial charge in [0.2, 0.25) is 0 Å². The van der Waals surface area contributed by atoms with Crippen molar-refractivity contribution >= 4 is 0 Å². The first-order valence-electron chi connectivity index (χ1n) is 8.64. The third-order valence-corrected chi connectivity index (χ3v) is 5.21. The Hall–Kier alpha value is -1.02. The van der Waals surface area contributed by atoms with Crippen LogP contribution < -0.4 is 4.74 Å². The molecule has 126 valence electrons. The summed E-state index contributed by atoms with van der Waals surface area (Å²) in [6.07, 6.45) is 2.84. The molecular weight excluding hydrogens is 272 g/mol. The van der Waals surface area contributed by atoms with E-state index in [1.807, 2.05) is 6.92 Å². The molecule has 0 heterocycles. The molecule has 1 aromatic carbocycles. The van der Waals surface area contributed by atoms with E-state index in [4.69, 9.17) is 4.74 Å². The van der Waals surface area contributed by atoms with Crippen LogP contribution in [0.4, 0.5) is 0 Å². The summed E-state index contributed by atoms with van der Waals surface area (Å²) in [5, 5.41) is 9.44. The Balaban J connectivity index is 3.33. The molecular formula is C20H34O2. The van der Waals surface area contributed by atoms with Crippen molar-refractivity contribution in [1.82, 2.24) is 0 Å². The van der Waals surface area contributed by atoms with Gasteiger partial charge in [0.05, 0.1) is 6.61 Å². The second-order valence-electron chi connectivity index (χ2n) is 7.52. The quantitative estimate of drug-likeness (QED) is 0.714. The van der Waals surface area contributed by atoms with Crippen LogP contribution in [0, 0.1) is 0 Å². The van der Waals surface area contributed by atoms with Gasteiger partial charge in [-0.25, -0.2) is 0 Å². The average Bonchev–Trinajstić information content (AvgIpc) is 2.52. The molecule has 0 fully saturated rings. The van der Waals surface area contributed by atoms with Gasteiger partial charge in [-0.15, -0.1) is 0 Å². The lowest BCUT2D eigenvalue weighted by Gasteiger charge is -2.31. The Kier molecular flexibility index (Phi) is 6.49. The summed E-state index contributed by atoms with van der Waals surface area (Å²) >= 11 is 0. The number of hydrogen-bond donors (Lipinski definition) is 1. The first-order chi connectivity index (χ1) is 10.2. The predicted octanol–water partition coefficient (Wildman–Crippen LogP) is 5.21. The molecule has 1 aromatic rings. The van der Waals surface area contributed by atoms with Crippen LogP contribution in [0.25, 0.3) is 0 Å². The summed E-state index contributed by atoms with van der Waals surface area (Å²) in [5.41, 5.74) is 2.83. The molecule has 2 heteroatoms. The minimum Gasteiger partial charge on any atom is -0.488 e. The number of hydrogen-bond acceptors (Lipinski definition) is 2. The lowest BCUT2D eigenvalue weighted by atomic mass is 9.76. The lowest BCUT2D eigenvalue weighted by Crippen LogP contribution is -2.25.